The fourth-order valence-corrected chi connectivity index (χ4v) is 3.31. The Morgan fingerprint density at radius 2 is 1.90 bits per heavy atom. The number of carbonyl (C=O) groups excluding carboxylic acids is 2. The van der Waals surface area contributed by atoms with Crippen LogP contribution in [0.5, 0.6) is 0 Å². The van der Waals surface area contributed by atoms with Crippen LogP contribution in [0.25, 0.3) is 5.69 Å². The molecule has 154 valence electrons. The lowest BCUT2D eigenvalue weighted by Crippen LogP contribution is -2.44. The average molecular weight is 401 g/mol. The molecule has 1 unspecified atom stereocenters. The SMILES string of the molecule is Cc1cc(=O)c(C(=O)OC(C)C(=O)N2CCC(C)CC2)nn1-c1ccccc1F. The summed E-state index contributed by atoms with van der Waals surface area (Å²) >= 11 is 0. The Labute approximate surface area is 168 Å². The molecule has 1 saturated heterocycles. The maximum atomic E-state index is 14.1. The van der Waals surface area contributed by atoms with E-state index in [9.17, 15) is 18.8 Å². The van der Waals surface area contributed by atoms with Gasteiger partial charge in [-0.2, -0.15) is 5.10 Å². The van der Waals surface area contributed by atoms with Crippen LogP contribution in [-0.4, -0.2) is 45.8 Å². The number of carbonyl (C=O) groups is 2. The molecule has 0 radical (unpaired) electrons. The number of para-hydroxylation sites is 1. The predicted octanol–water partition coefficient (Wildman–Crippen LogP) is 2.48. The summed E-state index contributed by atoms with van der Waals surface area (Å²) < 4.78 is 20.5. The Hall–Kier alpha value is -3.03. The molecular weight excluding hydrogens is 377 g/mol. The number of piperidine rings is 1. The minimum Gasteiger partial charge on any atom is -0.448 e. The lowest BCUT2D eigenvalue weighted by atomic mass is 9.99. The molecule has 29 heavy (non-hydrogen) atoms. The number of aryl methyl sites for hydroxylation is 1. The third-order valence-electron chi connectivity index (χ3n) is 5.11. The number of esters is 1. The largest absolute Gasteiger partial charge is 0.448 e. The van der Waals surface area contributed by atoms with Crippen molar-refractivity contribution in [1.82, 2.24) is 14.7 Å². The van der Waals surface area contributed by atoms with Gasteiger partial charge in [0.15, 0.2) is 6.10 Å². The van der Waals surface area contributed by atoms with E-state index in [0.29, 0.717) is 24.7 Å². The second-order valence-corrected chi connectivity index (χ2v) is 7.42. The highest BCUT2D eigenvalue weighted by molar-refractivity contribution is 5.90. The molecule has 0 saturated carbocycles. The van der Waals surface area contributed by atoms with E-state index >= 15 is 0 Å². The van der Waals surface area contributed by atoms with Crippen molar-refractivity contribution >= 4 is 11.9 Å². The van der Waals surface area contributed by atoms with E-state index in [0.717, 1.165) is 12.8 Å². The first-order valence-electron chi connectivity index (χ1n) is 9.63. The molecule has 1 aromatic heterocycles. The second-order valence-electron chi connectivity index (χ2n) is 7.42. The highest BCUT2D eigenvalue weighted by atomic mass is 19.1. The Balaban J connectivity index is 1.80. The predicted molar refractivity (Wildman–Crippen MR) is 104 cm³/mol. The van der Waals surface area contributed by atoms with Gasteiger partial charge in [-0.1, -0.05) is 19.1 Å². The maximum absolute atomic E-state index is 14.1. The highest BCUT2D eigenvalue weighted by Gasteiger charge is 2.28. The van der Waals surface area contributed by atoms with Gasteiger partial charge in [-0.3, -0.25) is 9.59 Å². The minimum atomic E-state index is -1.04. The summed E-state index contributed by atoms with van der Waals surface area (Å²) in [6.45, 7) is 6.42. The van der Waals surface area contributed by atoms with Gasteiger partial charge in [0, 0.05) is 24.8 Å². The van der Waals surface area contributed by atoms with Crippen molar-refractivity contribution in [3.63, 3.8) is 0 Å². The van der Waals surface area contributed by atoms with Crippen LogP contribution in [0.15, 0.2) is 35.1 Å². The highest BCUT2D eigenvalue weighted by Crippen LogP contribution is 2.18. The van der Waals surface area contributed by atoms with E-state index in [4.69, 9.17) is 4.74 Å². The number of nitrogens with zero attached hydrogens (tertiary/aromatic N) is 3. The van der Waals surface area contributed by atoms with Gasteiger partial charge < -0.3 is 9.64 Å². The van der Waals surface area contributed by atoms with Crippen molar-refractivity contribution in [2.45, 2.75) is 39.7 Å². The number of amides is 1. The fraction of sp³-hybridized carbons (Fsp3) is 0.429. The molecule has 3 rings (SSSR count). The van der Waals surface area contributed by atoms with E-state index in [-0.39, 0.29) is 11.6 Å². The molecule has 2 heterocycles. The smallest absolute Gasteiger partial charge is 0.363 e. The standard InChI is InChI=1S/C21H24FN3O4/c1-13-8-10-24(11-9-13)20(27)15(3)29-21(28)19-18(26)12-14(2)25(23-19)17-7-5-4-6-16(17)22/h4-7,12-13,15H,8-11H2,1-3H3. The molecule has 0 aliphatic carbocycles. The van der Waals surface area contributed by atoms with Crippen LogP contribution in [0.2, 0.25) is 0 Å². The minimum absolute atomic E-state index is 0.102. The van der Waals surface area contributed by atoms with Crippen molar-refractivity contribution in [3.8, 4) is 5.69 Å². The molecule has 1 amide bonds. The van der Waals surface area contributed by atoms with Crippen LogP contribution >= 0.6 is 0 Å². The summed E-state index contributed by atoms with van der Waals surface area (Å²) in [5.74, 6) is -1.29. The van der Waals surface area contributed by atoms with Gasteiger partial charge >= 0.3 is 5.97 Å². The molecule has 0 N–H and O–H groups in total. The molecule has 1 aliphatic rings. The zero-order valence-corrected chi connectivity index (χ0v) is 16.7. The third-order valence-corrected chi connectivity index (χ3v) is 5.11. The van der Waals surface area contributed by atoms with Gasteiger partial charge in [0.05, 0.1) is 0 Å². The Morgan fingerprint density at radius 3 is 2.55 bits per heavy atom. The lowest BCUT2D eigenvalue weighted by Gasteiger charge is -2.31. The van der Waals surface area contributed by atoms with Crippen LogP contribution in [0.4, 0.5) is 4.39 Å². The Bertz CT molecular complexity index is 980. The Kier molecular flexibility index (Phi) is 6.10. The molecule has 8 heteroatoms. The van der Waals surface area contributed by atoms with Crippen molar-refractivity contribution in [2.24, 2.45) is 5.92 Å². The fourth-order valence-electron chi connectivity index (χ4n) is 3.31. The lowest BCUT2D eigenvalue weighted by molar-refractivity contribution is -0.141. The summed E-state index contributed by atoms with van der Waals surface area (Å²) in [6.07, 6.45) is 0.763. The molecule has 0 spiro atoms. The van der Waals surface area contributed by atoms with Crippen molar-refractivity contribution in [1.29, 1.82) is 0 Å². The van der Waals surface area contributed by atoms with Crippen molar-refractivity contribution < 1.29 is 18.7 Å². The topological polar surface area (TPSA) is 81.5 Å². The monoisotopic (exact) mass is 401 g/mol. The molecule has 1 atom stereocenters. The molecule has 0 bridgehead atoms. The summed E-state index contributed by atoms with van der Waals surface area (Å²) in [5, 5.41) is 4.00. The van der Waals surface area contributed by atoms with Crippen LogP contribution in [0.1, 0.15) is 42.9 Å². The molecule has 7 nitrogen and oxygen atoms in total. The van der Waals surface area contributed by atoms with Gasteiger partial charge in [-0.15, -0.1) is 0 Å². The van der Waals surface area contributed by atoms with Crippen molar-refractivity contribution in [3.05, 3.63) is 57.8 Å². The molecule has 1 aliphatic heterocycles. The number of ether oxygens (including phenoxy) is 1. The molecular formula is C21H24FN3O4. The van der Waals surface area contributed by atoms with E-state index in [1.54, 1.807) is 17.9 Å². The number of halogens is 1. The van der Waals surface area contributed by atoms with Gasteiger partial charge in [0.2, 0.25) is 11.1 Å². The number of hydrogen-bond acceptors (Lipinski definition) is 5. The first-order valence-corrected chi connectivity index (χ1v) is 9.63. The summed E-state index contributed by atoms with van der Waals surface area (Å²) in [5.41, 5.74) is -0.675. The van der Waals surface area contributed by atoms with Crippen LogP contribution in [-0.2, 0) is 9.53 Å². The van der Waals surface area contributed by atoms with E-state index in [1.165, 1.54) is 35.9 Å². The second kappa shape index (κ2) is 8.55. The number of likely N-dealkylation sites (tertiary alicyclic amines) is 1. The van der Waals surface area contributed by atoms with Crippen LogP contribution in [0.3, 0.4) is 0 Å². The zero-order valence-electron chi connectivity index (χ0n) is 16.7. The zero-order chi connectivity index (χ0) is 21.1. The first kappa shape index (κ1) is 20.7. The summed E-state index contributed by atoms with van der Waals surface area (Å²) in [4.78, 5) is 39.0. The van der Waals surface area contributed by atoms with Crippen LogP contribution < -0.4 is 5.43 Å². The normalized spacial score (nSPS) is 15.8. The van der Waals surface area contributed by atoms with E-state index < -0.39 is 29.0 Å². The maximum Gasteiger partial charge on any atom is 0.363 e. The number of hydrogen-bond donors (Lipinski definition) is 0. The van der Waals surface area contributed by atoms with Gasteiger partial charge in [-0.05, 0) is 44.7 Å². The first-order chi connectivity index (χ1) is 13.8. The molecule has 1 aromatic carbocycles. The van der Waals surface area contributed by atoms with Gasteiger partial charge in [-0.25, -0.2) is 13.9 Å². The van der Waals surface area contributed by atoms with Gasteiger partial charge in [0.25, 0.3) is 5.91 Å². The van der Waals surface area contributed by atoms with Gasteiger partial charge in [0.1, 0.15) is 11.5 Å². The number of benzene rings is 1. The third kappa shape index (κ3) is 4.52. The average Bonchev–Trinajstić information content (AvgIpc) is 2.68. The summed E-state index contributed by atoms with van der Waals surface area (Å²) in [6, 6.07) is 7.08. The molecule has 2 aromatic rings. The van der Waals surface area contributed by atoms with E-state index in [1.807, 2.05) is 0 Å². The Morgan fingerprint density at radius 1 is 1.24 bits per heavy atom. The number of rotatable bonds is 4. The molecule has 1 fully saturated rings. The van der Waals surface area contributed by atoms with Crippen molar-refractivity contribution in [2.75, 3.05) is 13.1 Å². The number of aromatic nitrogens is 2. The van der Waals surface area contributed by atoms with E-state index in [2.05, 4.69) is 12.0 Å². The summed E-state index contributed by atoms with van der Waals surface area (Å²) in [7, 11) is 0. The quantitative estimate of drug-likeness (QED) is 0.736. The van der Waals surface area contributed by atoms with Crippen LogP contribution in [0, 0.1) is 18.7 Å².